The quantitative estimate of drug-likeness (QED) is 0.608. The van der Waals surface area contributed by atoms with Crippen molar-refractivity contribution in [3.8, 4) is 11.5 Å². The van der Waals surface area contributed by atoms with Gasteiger partial charge >= 0.3 is 0 Å². The minimum Gasteiger partial charge on any atom is -0.489 e. The molecular formula is C25H33ClN2O3. The van der Waals surface area contributed by atoms with Crippen LogP contribution in [0.2, 0.25) is 5.02 Å². The number of carbonyl (C=O) groups excluding carboxylic acids is 1. The molecule has 0 aliphatic carbocycles. The second-order valence-corrected chi connectivity index (χ2v) is 8.89. The molecule has 1 amide bonds. The van der Waals surface area contributed by atoms with Crippen molar-refractivity contribution < 1.29 is 14.3 Å². The zero-order chi connectivity index (χ0) is 22.2. The van der Waals surface area contributed by atoms with Crippen molar-refractivity contribution in [2.24, 2.45) is 5.92 Å². The Kier molecular flexibility index (Phi) is 8.61. The third-order valence-electron chi connectivity index (χ3n) is 5.21. The van der Waals surface area contributed by atoms with Gasteiger partial charge in [-0.05, 0) is 49.1 Å². The number of benzene rings is 2. The number of ether oxygens (including phenoxy) is 2. The lowest BCUT2D eigenvalue weighted by Gasteiger charge is -2.28. The molecule has 0 saturated carbocycles. The Morgan fingerprint density at radius 3 is 2.58 bits per heavy atom. The standard InChI is InChI=1S/C25H33ClN2O3/c1-18(2)16-28(25(29)19(3)27-11-10-20-8-5-4-6-9-20)17-21-14-22(26)24-23(15-21)30-12-7-13-31-24/h4-6,8-9,14-15,18-19,27H,7,10-13,16-17H2,1-3H3/t19-/m1/s1. The number of carbonyl (C=O) groups is 1. The first-order valence-electron chi connectivity index (χ1n) is 11.1. The van der Waals surface area contributed by atoms with Crippen molar-refractivity contribution in [1.82, 2.24) is 10.2 Å². The molecule has 0 aromatic heterocycles. The highest BCUT2D eigenvalue weighted by atomic mass is 35.5. The SMILES string of the molecule is CC(C)CN(Cc1cc(Cl)c2c(c1)OCCCO2)C(=O)[C@@H](C)NCCc1ccccc1. The lowest BCUT2D eigenvalue weighted by Crippen LogP contribution is -2.46. The van der Waals surface area contributed by atoms with E-state index >= 15 is 0 Å². The maximum Gasteiger partial charge on any atom is 0.239 e. The number of nitrogens with one attached hydrogen (secondary N) is 1. The predicted molar refractivity (Wildman–Crippen MR) is 125 cm³/mol. The topological polar surface area (TPSA) is 50.8 Å². The van der Waals surface area contributed by atoms with Gasteiger partial charge in [0, 0.05) is 19.5 Å². The molecule has 0 bridgehead atoms. The Hall–Kier alpha value is -2.24. The van der Waals surface area contributed by atoms with Crippen molar-refractivity contribution in [2.75, 3.05) is 26.3 Å². The lowest BCUT2D eigenvalue weighted by molar-refractivity contribution is -0.134. The number of hydrogen-bond acceptors (Lipinski definition) is 4. The summed E-state index contributed by atoms with van der Waals surface area (Å²) in [6, 6.07) is 13.9. The maximum atomic E-state index is 13.2. The number of amides is 1. The number of nitrogens with zero attached hydrogens (tertiary/aromatic N) is 1. The van der Waals surface area contributed by atoms with E-state index in [4.69, 9.17) is 21.1 Å². The minimum absolute atomic E-state index is 0.0880. The van der Waals surface area contributed by atoms with E-state index in [1.54, 1.807) is 0 Å². The molecule has 1 aliphatic rings. The van der Waals surface area contributed by atoms with E-state index in [0.717, 1.165) is 24.9 Å². The largest absolute Gasteiger partial charge is 0.489 e. The summed E-state index contributed by atoms with van der Waals surface area (Å²) < 4.78 is 11.5. The Morgan fingerprint density at radius 2 is 1.84 bits per heavy atom. The van der Waals surface area contributed by atoms with Crippen LogP contribution < -0.4 is 14.8 Å². The van der Waals surface area contributed by atoms with Gasteiger partial charge in [0.15, 0.2) is 11.5 Å². The van der Waals surface area contributed by atoms with Gasteiger partial charge in [0.05, 0.1) is 24.3 Å². The monoisotopic (exact) mass is 444 g/mol. The molecule has 1 N–H and O–H groups in total. The molecule has 2 aromatic carbocycles. The van der Waals surface area contributed by atoms with Gasteiger partial charge in [-0.3, -0.25) is 4.79 Å². The summed E-state index contributed by atoms with van der Waals surface area (Å²) in [5, 5.41) is 3.91. The zero-order valence-electron chi connectivity index (χ0n) is 18.7. The van der Waals surface area contributed by atoms with E-state index in [-0.39, 0.29) is 11.9 Å². The van der Waals surface area contributed by atoms with Gasteiger partial charge in [-0.25, -0.2) is 0 Å². The molecule has 1 aliphatic heterocycles. The van der Waals surface area contributed by atoms with Gasteiger partial charge in [-0.2, -0.15) is 0 Å². The molecule has 0 radical (unpaired) electrons. The summed E-state index contributed by atoms with van der Waals surface area (Å²) in [5.74, 6) is 1.70. The number of rotatable bonds is 9. The molecular weight excluding hydrogens is 412 g/mol. The summed E-state index contributed by atoms with van der Waals surface area (Å²) in [7, 11) is 0. The summed E-state index contributed by atoms with van der Waals surface area (Å²) in [6.07, 6.45) is 1.71. The molecule has 0 spiro atoms. The van der Waals surface area contributed by atoms with Gasteiger partial charge in [-0.1, -0.05) is 55.8 Å². The second kappa shape index (κ2) is 11.4. The summed E-state index contributed by atoms with van der Waals surface area (Å²) in [4.78, 5) is 15.1. The van der Waals surface area contributed by atoms with Gasteiger partial charge in [0.1, 0.15) is 0 Å². The lowest BCUT2D eigenvalue weighted by atomic mass is 10.1. The Balaban J connectivity index is 1.65. The van der Waals surface area contributed by atoms with Gasteiger partial charge in [0.2, 0.25) is 5.91 Å². The summed E-state index contributed by atoms with van der Waals surface area (Å²) >= 11 is 6.46. The van der Waals surface area contributed by atoms with Crippen molar-refractivity contribution in [2.45, 2.75) is 46.2 Å². The smallest absolute Gasteiger partial charge is 0.239 e. The molecule has 5 nitrogen and oxygen atoms in total. The van der Waals surface area contributed by atoms with Crippen LogP contribution in [0.15, 0.2) is 42.5 Å². The summed E-state index contributed by atoms with van der Waals surface area (Å²) in [6.45, 7) is 9.28. The summed E-state index contributed by atoms with van der Waals surface area (Å²) in [5.41, 5.74) is 2.20. The van der Waals surface area contributed by atoms with Crippen LogP contribution >= 0.6 is 11.6 Å². The van der Waals surface area contributed by atoms with Crippen LogP contribution in [-0.2, 0) is 17.8 Å². The molecule has 3 rings (SSSR count). The van der Waals surface area contributed by atoms with Crippen LogP contribution in [-0.4, -0.2) is 43.2 Å². The molecule has 1 heterocycles. The van der Waals surface area contributed by atoms with E-state index in [2.05, 4.69) is 31.3 Å². The van der Waals surface area contributed by atoms with Gasteiger partial charge in [-0.15, -0.1) is 0 Å². The predicted octanol–water partition coefficient (Wildman–Crippen LogP) is 4.71. The molecule has 0 unspecified atom stereocenters. The molecule has 168 valence electrons. The average molecular weight is 445 g/mol. The van der Waals surface area contributed by atoms with E-state index < -0.39 is 0 Å². The van der Waals surface area contributed by atoms with Gasteiger partial charge < -0.3 is 19.7 Å². The highest BCUT2D eigenvalue weighted by molar-refractivity contribution is 6.32. The van der Waals surface area contributed by atoms with Gasteiger partial charge in [0.25, 0.3) is 0 Å². The third-order valence-corrected chi connectivity index (χ3v) is 5.49. The van der Waals surface area contributed by atoms with E-state index in [9.17, 15) is 4.79 Å². The van der Waals surface area contributed by atoms with Crippen molar-refractivity contribution in [3.05, 3.63) is 58.6 Å². The second-order valence-electron chi connectivity index (χ2n) is 8.48. The Morgan fingerprint density at radius 1 is 1.10 bits per heavy atom. The maximum absolute atomic E-state index is 13.2. The fourth-order valence-electron chi connectivity index (χ4n) is 3.71. The van der Waals surface area contributed by atoms with Crippen molar-refractivity contribution in [3.63, 3.8) is 0 Å². The normalized spacial score (nSPS) is 14.2. The highest BCUT2D eigenvalue weighted by Gasteiger charge is 2.23. The van der Waals surface area contributed by atoms with Crippen LogP contribution in [0.1, 0.15) is 38.3 Å². The minimum atomic E-state index is -0.265. The molecule has 6 heteroatoms. The number of hydrogen-bond donors (Lipinski definition) is 1. The first-order valence-corrected chi connectivity index (χ1v) is 11.5. The number of halogens is 1. The molecule has 31 heavy (non-hydrogen) atoms. The van der Waals surface area contributed by atoms with Crippen molar-refractivity contribution in [1.29, 1.82) is 0 Å². The Bertz CT molecular complexity index is 857. The molecule has 0 saturated heterocycles. The van der Waals surface area contributed by atoms with Crippen LogP contribution in [0.25, 0.3) is 0 Å². The average Bonchev–Trinajstić information content (AvgIpc) is 2.99. The van der Waals surface area contributed by atoms with E-state index in [1.165, 1.54) is 5.56 Å². The van der Waals surface area contributed by atoms with Crippen LogP contribution in [0.3, 0.4) is 0 Å². The fraction of sp³-hybridized carbons (Fsp3) is 0.480. The van der Waals surface area contributed by atoms with Crippen LogP contribution in [0.5, 0.6) is 11.5 Å². The first-order chi connectivity index (χ1) is 14.9. The van der Waals surface area contributed by atoms with E-state index in [1.807, 2.05) is 42.2 Å². The molecule has 0 fully saturated rings. The fourth-order valence-corrected chi connectivity index (χ4v) is 4.00. The Labute approximate surface area is 190 Å². The van der Waals surface area contributed by atoms with Crippen LogP contribution in [0.4, 0.5) is 0 Å². The molecule has 2 aromatic rings. The van der Waals surface area contributed by atoms with E-state index in [0.29, 0.717) is 48.7 Å². The first kappa shape index (κ1) is 23.4. The zero-order valence-corrected chi connectivity index (χ0v) is 19.5. The van der Waals surface area contributed by atoms with Crippen LogP contribution in [0, 0.1) is 5.92 Å². The van der Waals surface area contributed by atoms with Crippen molar-refractivity contribution >= 4 is 17.5 Å². The highest BCUT2D eigenvalue weighted by Crippen LogP contribution is 2.38. The number of fused-ring (bicyclic) bond motifs is 1. The third kappa shape index (κ3) is 6.88. The molecule has 1 atom stereocenters.